The van der Waals surface area contributed by atoms with Crippen LogP contribution in [-0.4, -0.2) is 26.2 Å². The number of anilines is 2. The molecule has 0 bridgehead atoms. The standard InChI is InChI=1S/C16H19N5O/c1-3-13-9-15(21-16(20-13)17-11-18-21)19-14-7-5-12(6-8-14)10-22-4-2/h5-9,11,19H,3-4,10H2,1-2H3. The summed E-state index contributed by atoms with van der Waals surface area (Å²) in [6.07, 6.45) is 2.36. The molecule has 0 fully saturated rings. The van der Waals surface area contributed by atoms with Crippen molar-refractivity contribution in [2.75, 3.05) is 11.9 Å². The molecule has 114 valence electrons. The van der Waals surface area contributed by atoms with Gasteiger partial charge < -0.3 is 10.1 Å². The van der Waals surface area contributed by atoms with Crippen molar-refractivity contribution < 1.29 is 4.74 Å². The van der Waals surface area contributed by atoms with Gasteiger partial charge in [-0.3, -0.25) is 0 Å². The van der Waals surface area contributed by atoms with Crippen LogP contribution in [-0.2, 0) is 17.8 Å². The first-order valence-electron chi connectivity index (χ1n) is 7.43. The van der Waals surface area contributed by atoms with Crippen LogP contribution < -0.4 is 5.32 Å². The highest BCUT2D eigenvalue weighted by molar-refractivity contribution is 5.59. The molecule has 3 rings (SSSR count). The van der Waals surface area contributed by atoms with Gasteiger partial charge in [0.05, 0.1) is 6.61 Å². The molecule has 3 aromatic rings. The maximum Gasteiger partial charge on any atom is 0.254 e. The number of nitrogens with one attached hydrogen (secondary N) is 1. The Morgan fingerprint density at radius 1 is 1.18 bits per heavy atom. The Hall–Kier alpha value is -2.47. The van der Waals surface area contributed by atoms with E-state index in [9.17, 15) is 0 Å². The average Bonchev–Trinajstić information content (AvgIpc) is 3.03. The topological polar surface area (TPSA) is 64.3 Å². The number of aryl methyl sites for hydroxylation is 1. The number of nitrogens with zero attached hydrogens (tertiary/aromatic N) is 4. The van der Waals surface area contributed by atoms with Crippen molar-refractivity contribution >= 4 is 17.3 Å². The minimum Gasteiger partial charge on any atom is -0.377 e. The van der Waals surface area contributed by atoms with Crippen molar-refractivity contribution in [1.29, 1.82) is 0 Å². The zero-order valence-electron chi connectivity index (χ0n) is 12.8. The Kier molecular flexibility index (Phi) is 4.29. The van der Waals surface area contributed by atoms with Crippen LogP contribution in [0.15, 0.2) is 36.7 Å². The van der Waals surface area contributed by atoms with E-state index in [0.29, 0.717) is 12.4 Å². The molecule has 0 amide bonds. The predicted molar refractivity (Wildman–Crippen MR) is 85.2 cm³/mol. The number of fused-ring (bicyclic) bond motifs is 1. The van der Waals surface area contributed by atoms with Crippen LogP contribution in [0.4, 0.5) is 11.5 Å². The number of hydrogen-bond acceptors (Lipinski definition) is 5. The van der Waals surface area contributed by atoms with E-state index in [-0.39, 0.29) is 0 Å². The van der Waals surface area contributed by atoms with Crippen LogP contribution in [0, 0.1) is 0 Å². The van der Waals surface area contributed by atoms with Crippen molar-refractivity contribution in [2.24, 2.45) is 0 Å². The van der Waals surface area contributed by atoms with Gasteiger partial charge in [-0.1, -0.05) is 19.1 Å². The maximum atomic E-state index is 5.40. The molecule has 0 radical (unpaired) electrons. The van der Waals surface area contributed by atoms with Gasteiger partial charge in [0.15, 0.2) is 0 Å². The quantitative estimate of drug-likeness (QED) is 0.758. The average molecular weight is 297 g/mol. The molecule has 2 heterocycles. The summed E-state index contributed by atoms with van der Waals surface area (Å²) in [5.41, 5.74) is 3.13. The van der Waals surface area contributed by atoms with E-state index in [4.69, 9.17) is 4.74 Å². The molecule has 0 atom stereocenters. The van der Waals surface area contributed by atoms with Crippen molar-refractivity contribution in [3.05, 3.63) is 47.9 Å². The largest absolute Gasteiger partial charge is 0.377 e. The van der Waals surface area contributed by atoms with Crippen molar-refractivity contribution in [1.82, 2.24) is 19.6 Å². The number of rotatable bonds is 6. The fourth-order valence-corrected chi connectivity index (χ4v) is 2.18. The Morgan fingerprint density at radius 2 is 2.00 bits per heavy atom. The van der Waals surface area contributed by atoms with Gasteiger partial charge in [0.1, 0.15) is 12.1 Å². The summed E-state index contributed by atoms with van der Waals surface area (Å²) in [5, 5.41) is 7.58. The summed E-state index contributed by atoms with van der Waals surface area (Å²) >= 11 is 0. The molecule has 0 saturated carbocycles. The van der Waals surface area contributed by atoms with E-state index in [1.54, 1.807) is 4.52 Å². The van der Waals surface area contributed by atoms with Gasteiger partial charge in [-0.2, -0.15) is 14.6 Å². The second-order valence-corrected chi connectivity index (χ2v) is 4.92. The van der Waals surface area contributed by atoms with E-state index < -0.39 is 0 Å². The smallest absolute Gasteiger partial charge is 0.254 e. The van der Waals surface area contributed by atoms with E-state index in [0.717, 1.165) is 35.8 Å². The second-order valence-electron chi connectivity index (χ2n) is 4.92. The molecule has 0 saturated heterocycles. The van der Waals surface area contributed by atoms with Crippen LogP contribution in [0.25, 0.3) is 5.78 Å². The summed E-state index contributed by atoms with van der Waals surface area (Å²) < 4.78 is 7.11. The lowest BCUT2D eigenvalue weighted by molar-refractivity contribution is 0.134. The van der Waals surface area contributed by atoms with E-state index in [1.165, 1.54) is 6.33 Å². The molecule has 0 aliphatic carbocycles. The van der Waals surface area contributed by atoms with Gasteiger partial charge in [0.2, 0.25) is 0 Å². The van der Waals surface area contributed by atoms with Crippen LogP contribution in [0.1, 0.15) is 25.1 Å². The molecule has 0 spiro atoms. The minimum absolute atomic E-state index is 0.606. The minimum atomic E-state index is 0.606. The highest BCUT2D eigenvalue weighted by Crippen LogP contribution is 2.18. The van der Waals surface area contributed by atoms with E-state index in [1.807, 2.05) is 25.1 Å². The molecule has 6 nitrogen and oxygen atoms in total. The molecule has 0 unspecified atom stereocenters. The summed E-state index contributed by atoms with van der Waals surface area (Å²) in [5.74, 6) is 1.46. The Labute approximate surface area is 129 Å². The summed E-state index contributed by atoms with van der Waals surface area (Å²) in [4.78, 5) is 8.60. The van der Waals surface area contributed by atoms with Gasteiger partial charge in [0, 0.05) is 24.1 Å². The molecule has 0 aliphatic rings. The van der Waals surface area contributed by atoms with Crippen LogP contribution in [0.3, 0.4) is 0 Å². The molecule has 6 heteroatoms. The molecular formula is C16H19N5O. The van der Waals surface area contributed by atoms with Crippen LogP contribution in [0.2, 0.25) is 0 Å². The first kappa shape index (κ1) is 14.5. The van der Waals surface area contributed by atoms with Crippen molar-refractivity contribution in [3.63, 3.8) is 0 Å². The van der Waals surface area contributed by atoms with Crippen molar-refractivity contribution in [2.45, 2.75) is 26.9 Å². The SMILES string of the molecule is CCOCc1ccc(Nc2cc(CC)nc3ncnn23)cc1. The van der Waals surface area contributed by atoms with Gasteiger partial charge in [0.25, 0.3) is 5.78 Å². The van der Waals surface area contributed by atoms with Gasteiger partial charge in [-0.05, 0) is 31.0 Å². The van der Waals surface area contributed by atoms with Gasteiger partial charge in [-0.25, -0.2) is 4.98 Å². The zero-order valence-corrected chi connectivity index (χ0v) is 12.8. The predicted octanol–water partition coefficient (Wildman–Crippen LogP) is 2.97. The molecule has 1 N–H and O–H groups in total. The van der Waals surface area contributed by atoms with E-state index >= 15 is 0 Å². The molecule has 22 heavy (non-hydrogen) atoms. The Bertz CT molecular complexity index is 751. The first-order chi connectivity index (χ1) is 10.8. The lowest BCUT2D eigenvalue weighted by Gasteiger charge is -2.10. The highest BCUT2D eigenvalue weighted by atomic mass is 16.5. The monoisotopic (exact) mass is 297 g/mol. The number of benzene rings is 1. The lowest BCUT2D eigenvalue weighted by Crippen LogP contribution is -2.04. The summed E-state index contributed by atoms with van der Waals surface area (Å²) in [6, 6.07) is 10.2. The zero-order chi connectivity index (χ0) is 15.4. The Balaban J connectivity index is 1.84. The molecule has 2 aromatic heterocycles. The van der Waals surface area contributed by atoms with Gasteiger partial charge in [-0.15, -0.1) is 0 Å². The van der Waals surface area contributed by atoms with Crippen molar-refractivity contribution in [3.8, 4) is 0 Å². The molecule has 1 aromatic carbocycles. The second kappa shape index (κ2) is 6.53. The normalized spacial score (nSPS) is 11.0. The number of hydrogen-bond donors (Lipinski definition) is 1. The fraction of sp³-hybridized carbons (Fsp3) is 0.312. The van der Waals surface area contributed by atoms with E-state index in [2.05, 4.69) is 39.4 Å². The summed E-state index contributed by atoms with van der Waals surface area (Å²) in [7, 11) is 0. The third-order valence-corrected chi connectivity index (χ3v) is 3.37. The third-order valence-electron chi connectivity index (χ3n) is 3.37. The first-order valence-corrected chi connectivity index (χ1v) is 7.43. The fourth-order valence-electron chi connectivity index (χ4n) is 2.18. The summed E-state index contributed by atoms with van der Waals surface area (Å²) in [6.45, 7) is 5.43. The number of ether oxygens (including phenoxy) is 1. The molecular weight excluding hydrogens is 278 g/mol. The molecule has 0 aliphatic heterocycles. The number of aromatic nitrogens is 4. The maximum absolute atomic E-state index is 5.40. The highest BCUT2D eigenvalue weighted by Gasteiger charge is 2.07. The third kappa shape index (κ3) is 3.07. The van der Waals surface area contributed by atoms with Crippen LogP contribution in [0.5, 0.6) is 0 Å². The lowest BCUT2D eigenvalue weighted by atomic mass is 10.2. The van der Waals surface area contributed by atoms with Crippen LogP contribution >= 0.6 is 0 Å². The van der Waals surface area contributed by atoms with Gasteiger partial charge >= 0.3 is 0 Å². The Morgan fingerprint density at radius 3 is 2.73 bits per heavy atom.